The monoisotopic (exact) mass is 174 g/mol. The molecule has 66 valence electrons. The van der Waals surface area contributed by atoms with Crippen molar-refractivity contribution in [2.45, 2.75) is 20.8 Å². The van der Waals surface area contributed by atoms with E-state index >= 15 is 0 Å². The van der Waals surface area contributed by atoms with Crippen molar-refractivity contribution < 1.29 is 0 Å². The fourth-order valence-corrected chi connectivity index (χ4v) is 0.768. The van der Waals surface area contributed by atoms with Crippen molar-refractivity contribution in [1.29, 1.82) is 0 Å². The number of aliphatic imine (C=N–C) groups is 1. The number of amidine groups is 1. The van der Waals surface area contributed by atoms with Crippen LogP contribution in [-0.4, -0.2) is 24.4 Å². The first-order chi connectivity index (χ1) is 4.98. The molecule has 0 aromatic rings. The van der Waals surface area contributed by atoms with E-state index in [0.717, 1.165) is 18.1 Å². The van der Waals surface area contributed by atoms with Crippen LogP contribution in [0.5, 0.6) is 0 Å². The Morgan fingerprint density at radius 3 is 2.36 bits per heavy atom. The van der Waals surface area contributed by atoms with Crippen LogP contribution in [0.4, 0.5) is 0 Å². The normalized spacial score (nSPS) is 13.6. The van der Waals surface area contributed by atoms with Gasteiger partial charge in [0.1, 0.15) is 0 Å². The molecule has 0 atom stereocenters. The molecule has 0 saturated heterocycles. The number of hydrogen-bond acceptors (Lipinski definition) is 2. The summed E-state index contributed by atoms with van der Waals surface area (Å²) >= 11 is 1.79. The maximum absolute atomic E-state index is 5.73. The summed E-state index contributed by atoms with van der Waals surface area (Å²) in [6.45, 7) is 7.06. The Kier molecular flexibility index (Phi) is 4.57. The van der Waals surface area contributed by atoms with Gasteiger partial charge in [-0.25, -0.2) is 0 Å². The number of nitrogens with two attached hydrogens (primary N) is 1. The lowest BCUT2D eigenvalue weighted by atomic mass is 9.95. The molecule has 0 radical (unpaired) electrons. The fourth-order valence-electron chi connectivity index (χ4n) is 0.495. The van der Waals surface area contributed by atoms with Crippen LogP contribution in [0.2, 0.25) is 0 Å². The number of rotatable bonds is 3. The Bertz CT molecular complexity index is 136. The summed E-state index contributed by atoms with van der Waals surface area (Å²) in [7, 11) is 0. The molecule has 0 aliphatic carbocycles. The van der Waals surface area contributed by atoms with E-state index in [1.165, 1.54) is 0 Å². The van der Waals surface area contributed by atoms with Crippen LogP contribution in [0.25, 0.3) is 0 Å². The lowest BCUT2D eigenvalue weighted by molar-refractivity contribution is 0.582. The third-order valence-corrected chi connectivity index (χ3v) is 1.94. The van der Waals surface area contributed by atoms with Crippen molar-refractivity contribution in [3.8, 4) is 0 Å². The van der Waals surface area contributed by atoms with Crippen LogP contribution in [0, 0.1) is 5.41 Å². The van der Waals surface area contributed by atoms with Gasteiger partial charge < -0.3 is 5.73 Å². The van der Waals surface area contributed by atoms with Gasteiger partial charge in [0, 0.05) is 17.7 Å². The van der Waals surface area contributed by atoms with Gasteiger partial charge in [0.15, 0.2) is 0 Å². The van der Waals surface area contributed by atoms with Crippen molar-refractivity contribution in [2.24, 2.45) is 16.1 Å². The summed E-state index contributed by atoms with van der Waals surface area (Å²) in [5.41, 5.74) is 5.76. The van der Waals surface area contributed by atoms with Crippen LogP contribution in [0.3, 0.4) is 0 Å². The Balaban J connectivity index is 3.81. The first kappa shape index (κ1) is 10.8. The maximum atomic E-state index is 5.73. The highest BCUT2D eigenvalue weighted by atomic mass is 32.2. The maximum Gasteiger partial charge on any atom is 0.0991 e. The molecule has 11 heavy (non-hydrogen) atoms. The second-order valence-corrected chi connectivity index (χ2v) is 4.50. The quantitative estimate of drug-likeness (QED) is 0.402. The average molecular weight is 174 g/mol. The summed E-state index contributed by atoms with van der Waals surface area (Å²) < 4.78 is 0. The van der Waals surface area contributed by atoms with Gasteiger partial charge in [0.25, 0.3) is 0 Å². The SMILES string of the molecule is CSCCN=C(N)C(C)(C)C. The van der Waals surface area contributed by atoms with E-state index in [0.29, 0.717) is 0 Å². The van der Waals surface area contributed by atoms with Gasteiger partial charge in [-0.05, 0) is 6.26 Å². The molecule has 2 N–H and O–H groups in total. The Hall–Kier alpha value is -0.180. The van der Waals surface area contributed by atoms with Crippen LogP contribution < -0.4 is 5.73 Å². The first-order valence-corrected chi connectivity index (χ1v) is 5.17. The third kappa shape index (κ3) is 5.13. The molecule has 0 saturated carbocycles. The summed E-state index contributed by atoms with van der Waals surface area (Å²) in [5, 5.41) is 0. The average Bonchev–Trinajstić information content (AvgIpc) is 1.86. The standard InChI is InChI=1S/C8H18N2S/c1-8(2,3)7(9)10-5-6-11-4/h5-6H2,1-4H3,(H2,9,10). The van der Waals surface area contributed by atoms with Gasteiger partial charge in [-0.15, -0.1) is 0 Å². The highest BCUT2D eigenvalue weighted by Gasteiger charge is 2.14. The van der Waals surface area contributed by atoms with E-state index in [1.807, 2.05) is 0 Å². The molecule has 0 aliphatic rings. The second kappa shape index (κ2) is 4.65. The van der Waals surface area contributed by atoms with Gasteiger partial charge in [0.2, 0.25) is 0 Å². The summed E-state index contributed by atoms with van der Waals surface area (Å²) in [4.78, 5) is 4.26. The largest absolute Gasteiger partial charge is 0.387 e. The Labute approximate surface area is 73.7 Å². The third-order valence-electron chi connectivity index (χ3n) is 1.35. The van der Waals surface area contributed by atoms with E-state index in [1.54, 1.807) is 11.8 Å². The molecule has 0 aromatic carbocycles. The van der Waals surface area contributed by atoms with Gasteiger partial charge >= 0.3 is 0 Å². The molecular formula is C8H18N2S. The van der Waals surface area contributed by atoms with E-state index in [4.69, 9.17) is 5.73 Å². The van der Waals surface area contributed by atoms with Crippen LogP contribution in [0.15, 0.2) is 4.99 Å². The summed E-state index contributed by atoms with van der Waals surface area (Å²) in [6, 6.07) is 0. The second-order valence-electron chi connectivity index (χ2n) is 3.51. The zero-order valence-corrected chi connectivity index (χ0v) is 8.66. The number of nitrogens with zero attached hydrogens (tertiary/aromatic N) is 1. The molecule has 0 aromatic heterocycles. The molecule has 0 unspecified atom stereocenters. The molecule has 0 aliphatic heterocycles. The minimum atomic E-state index is 0.0262. The summed E-state index contributed by atoms with van der Waals surface area (Å²) in [6.07, 6.45) is 2.07. The molecule has 3 heteroatoms. The van der Waals surface area contributed by atoms with Crippen LogP contribution >= 0.6 is 11.8 Å². The summed E-state index contributed by atoms with van der Waals surface area (Å²) in [5.74, 6) is 1.81. The van der Waals surface area contributed by atoms with E-state index < -0.39 is 0 Å². The highest BCUT2D eigenvalue weighted by Crippen LogP contribution is 2.12. The van der Waals surface area contributed by atoms with Crippen molar-refractivity contribution in [3.05, 3.63) is 0 Å². The van der Waals surface area contributed by atoms with E-state index in [2.05, 4.69) is 32.0 Å². The number of hydrogen-bond donors (Lipinski definition) is 1. The number of thioether (sulfide) groups is 1. The predicted molar refractivity (Wildman–Crippen MR) is 54.3 cm³/mol. The lowest BCUT2D eigenvalue weighted by Gasteiger charge is -2.17. The lowest BCUT2D eigenvalue weighted by Crippen LogP contribution is -2.29. The van der Waals surface area contributed by atoms with Crippen LogP contribution in [0.1, 0.15) is 20.8 Å². The zero-order valence-electron chi connectivity index (χ0n) is 7.85. The zero-order chi connectivity index (χ0) is 8.91. The van der Waals surface area contributed by atoms with Gasteiger partial charge in [0.05, 0.1) is 5.84 Å². The smallest absolute Gasteiger partial charge is 0.0991 e. The van der Waals surface area contributed by atoms with Crippen LogP contribution in [-0.2, 0) is 0 Å². The minimum Gasteiger partial charge on any atom is -0.387 e. The Morgan fingerprint density at radius 1 is 1.45 bits per heavy atom. The Morgan fingerprint density at radius 2 is 2.00 bits per heavy atom. The predicted octanol–water partition coefficient (Wildman–Crippen LogP) is 1.75. The minimum absolute atomic E-state index is 0.0262. The van der Waals surface area contributed by atoms with Crippen molar-refractivity contribution in [2.75, 3.05) is 18.6 Å². The molecule has 0 heterocycles. The van der Waals surface area contributed by atoms with Gasteiger partial charge in [-0.2, -0.15) is 11.8 Å². The first-order valence-electron chi connectivity index (χ1n) is 3.78. The van der Waals surface area contributed by atoms with Gasteiger partial charge in [-0.1, -0.05) is 20.8 Å². The molecule has 0 fully saturated rings. The molecular weight excluding hydrogens is 156 g/mol. The van der Waals surface area contributed by atoms with Gasteiger partial charge in [-0.3, -0.25) is 4.99 Å². The van der Waals surface area contributed by atoms with Crippen molar-refractivity contribution >= 4 is 17.6 Å². The fraction of sp³-hybridized carbons (Fsp3) is 0.875. The van der Waals surface area contributed by atoms with E-state index in [-0.39, 0.29) is 5.41 Å². The van der Waals surface area contributed by atoms with E-state index in [9.17, 15) is 0 Å². The topological polar surface area (TPSA) is 38.4 Å². The molecule has 0 rings (SSSR count). The molecule has 0 spiro atoms. The highest BCUT2D eigenvalue weighted by molar-refractivity contribution is 7.98. The van der Waals surface area contributed by atoms with Crippen molar-refractivity contribution in [3.63, 3.8) is 0 Å². The van der Waals surface area contributed by atoms with Crippen molar-refractivity contribution in [1.82, 2.24) is 0 Å². The molecule has 2 nitrogen and oxygen atoms in total. The molecule has 0 bridgehead atoms. The molecule has 0 amide bonds.